The molecule has 1 heterocycles. The highest BCUT2D eigenvalue weighted by molar-refractivity contribution is 5.88. The SMILES string of the molecule is CCCCOC(=O)c1cncc(F)c1. The van der Waals surface area contributed by atoms with Crippen LogP contribution in [0.5, 0.6) is 0 Å². The Labute approximate surface area is 81.9 Å². The first-order chi connectivity index (χ1) is 6.74. The highest BCUT2D eigenvalue weighted by Crippen LogP contribution is 2.03. The zero-order valence-electron chi connectivity index (χ0n) is 8.00. The van der Waals surface area contributed by atoms with Gasteiger partial charge in [-0.1, -0.05) is 13.3 Å². The van der Waals surface area contributed by atoms with E-state index in [-0.39, 0.29) is 5.56 Å². The normalized spacial score (nSPS) is 9.86. The molecule has 0 amide bonds. The quantitative estimate of drug-likeness (QED) is 0.548. The van der Waals surface area contributed by atoms with Crippen LogP contribution in [-0.4, -0.2) is 17.6 Å². The van der Waals surface area contributed by atoms with Crippen LogP contribution in [0.25, 0.3) is 0 Å². The van der Waals surface area contributed by atoms with Gasteiger partial charge in [0, 0.05) is 6.20 Å². The minimum atomic E-state index is -0.532. The number of ether oxygens (including phenoxy) is 1. The van der Waals surface area contributed by atoms with Crippen molar-refractivity contribution in [1.29, 1.82) is 0 Å². The molecule has 3 nitrogen and oxygen atoms in total. The van der Waals surface area contributed by atoms with Crippen LogP contribution in [0.15, 0.2) is 18.5 Å². The molecular formula is C10H12FNO2. The van der Waals surface area contributed by atoms with Crippen molar-refractivity contribution in [3.05, 3.63) is 29.8 Å². The molecule has 4 heteroatoms. The number of rotatable bonds is 4. The van der Waals surface area contributed by atoms with Gasteiger partial charge in [0.25, 0.3) is 0 Å². The lowest BCUT2D eigenvalue weighted by Gasteiger charge is -2.02. The average Bonchev–Trinajstić information content (AvgIpc) is 2.18. The fourth-order valence-corrected chi connectivity index (χ4v) is 0.916. The number of pyridine rings is 1. The number of aromatic nitrogens is 1. The van der Waals surface area contributed by atoms with Crippen molar-refractivity contribution >= 4 is 5.97 Å². The summed E-state index contributed by atoms with van der Waals surface area (Å²) in [7, 11) is 0. The molecule has 1 aromatic rings. The maximum atomic E-state index is 12.6. The van der Waals surface area contributed by atoms with Crippen molar-refractivity contribution in [3.63, 3.8) is 0 Å². The monoisotopic (exact) mass is 197 g/mol. The summed E-state index contributed by atoms with van der Waals surface area (Å²) in [5.41, 5.74) is 0.154. The van der Waals surface area contributed by atoms with E-state index in [1.54, 1.807) is 0 Å². The molecule has 0 saturated carbocycles. The summed E-state index contributed by atoms with van der Waals surface area (Å²) in [5, 5.41) is 0. The van der Waals surface area contributed by atoms with E-state index < -0.39 is 11.8 Å². The number of hydrogen-bond donors (Lipinski definition) is 0. The third-order valence-corrected chi connectivity index (χ3v) is 1.67. The van der Waals surface area contributed by atoms with Gasteiger partial charge < -0.3 is 4.74 Å². The summed E-state index contributed by atoms with van der Waals surface area (Å²) in [5.74, 6) is -1.06. The first kappa shape index (κ1) is 10.6. The largest absolute Gasteiger partial charge is 0.462 e. The molecule has 1 aromatic heterocycles. The third kappa shape index (κ3) is 3.12. The van der Waals surface area contributed by atoms with Crippen LogP contribution in [0.1, 0.15) is 30.1 Å². The number of nitrogens with zero attached hydrogens (tertiary/aromatic N) is 1. The van der Waals surface area contributed by atoms with Crippen LogP contribution in [0.2, 0.25) is 0 Å². The number of halogens is 1. The summed E-state index contributed by atoms with van der Waals surface area (Å²) >= 11 is 0. The van der Waals surface area contributed by atoms with Gasteiger partial charge in [0.1, 0.15) is 5.82 Å². The molecule has 0 aliphatic rings. The van der Waals surface area contributed by atoms with E-state index in [1.807, 2.05) is 6.92 Å². The molecule has 0 atom stereocenters. The number of carbonyl (C=O) groups is 1. The van der Waals surface area contributed by atoms with Gasteiger partial charge in [0.05, 0.1) is 18.4 Å². The molecule has 0 aliphatic carbocycles. The Hall–Kier alpha value is -1.45. The summed E-state index contributed by atoms with van der Waals surface area (Å²) < 4.78 is 17.5. The van der Waals surface area contributed by atoms with E-state index >= 15 is 0 Å². The second-order valence-corrected chi connectivity index (χ2v) is 2.88. The topological polar surface area (TPSA) is 39.2 Å². The third-order valence-electron chi connectivity index (χ3n) is 1.67. The van der Waals surface area contributed by atoms with Crippen molar-refractivity contribution in [2.45, 2.75) is 19.8 Å². The van der Waals surface area contributed by atoms with Crippen LogP contribution < -0.4 is 0 Å². The van der Waals surface area contributed by atoms with Crippen molar-refractivity contribution in [1.82, 2.24) is 4.98 Å². The number of carbonyl (C=O) groups excluding carboxylic acids is 1. The fourth-order valence-electron chi connectivity index (χ4n) is 0.916. The van der Waals surface area contributed by atoms with Gasteiger partial charge >= 0.3 is 5.97 Å². The minimum Gasteiger partial charge on any atom is -0.462 e. The fraction of sp³-hybridized carbons (Fsp3) is 0.400. The Kier molecular flexibility index (Phi) is 4.04. The van der Waals surface area contributed by atoms with Crippen LogP contribution >= 0.6 is 0 Å². The zero-order valence-corrected chi connectivity index (χ0v) is 8.00. The first-order valence-corrected chi connectivity index (χ1v) is 4.51. The van der Waals surface area contributed by atoms with E-state index in [4.69, 9.17) is 4.74 Å². The first-order valence-electron chi connectivity index (χ1n) is 4.51. The molecule has 76 valence electrons. The zero-order chi connectivity index (χ0) is 10.4. The standard InChI is InChI=1S/C10H12FNO2/c1-2-3-4-14-10(13)8-5-9(11)7-12-6-8/h5-7H,2-4H2,1H3. The van der Waals surface area contributed by atoms with Gasteiger partial charge in [0.2, 0.25) is 0 Å². The Morgan fingerprint density at radius 3 is 3.00 bits per heavy atom. The van der Waals surface area contributed by atoms with Gasteiger partial charge in [-0.25, -0.2) is 9.18 Å². The molecule has 0 unspecified atom stereocenters. The van der Waals surface area contributed by atoms with Crippen molar-refractivity contribution in [2.75, 3.05) is 6.61 Å². The number of esters is 1. The van der Waals surface area contributed by atoms with Crippen LogP contribution in [0.3, 0.4) is 0 Å². The molecule has 0 spiro atoms. The molecule has 0 fully saturated rings. The minimum absolute atomic E-state index is 0.154. The van der Waals surface area contributed by atoms with Gasteiger partial charge in [0.15, 0.2) is 0 Å². The van der Waals surface area contributed by atoms with E-state index in [9.17, 15) is 9.18 Å². The molecular weight excluding hydrogens is 185 g/mol. The smallest absolute Gasteiger partial charge is 0.339 e. The molecule has 0 bridgehead atoms. The number of unbranched alkanes of at least 4 members (excludes halogenated alkanes) is 1. The molecule has 0 radical (unpaired) electrons. The summed E-state index contributed by atoms with van der Waals surface area (Å²) in [4.78, 5) is 14.8. The second-order valence-electron chi connectivity index (χ2n) is 2.88. The predicted octanol–water partition coefficient (Wildman–Crippen LogP) is 2.18. The lowest BCUT2D eigenvalue weighted by molar-refractivity contribution is 0.0498. The maximum Gasteiger partial charge on any atom is 0.339 e. The van der Waals surface area contributed by atoms with Crippen LogP contribution in [-0.2, 0) is 4.74 Å². The van der Waals surface area contributed by atoms with Crippen molar-refractivity contribution < 1.29 is 13.9 Å². The molecule has 14 heavy (non-hydrogen) atoms. The lowest BCUT2D eigenvalue weighted by Crippen LogP contribution is -2.07. The molecule has 1 rings (SSSR count). The highest BCUT2D eigenvalue weighted by Gasteiger charge is 2.07. The van der Waals surface area contributed by atoms with Gasteiger partial charge in [-0.2, -0.15) is 0 Å². The Bertz CT molecular complexity index is 315. The second kappa shape index (κ2) is 5.32. The Morgan fingerprint density at radius 1 is 1.57 bits per heavy atom. The van der Waals surface area contributed by atoms with Gasteiger partial charge in [-0.05, 0) is 12.5 Å². The maximum absolute atomic E-state index is 12.6. The molecule has 0 aromatic carbocycles. The lowest BCUT2D eigenvalue weighted by atomic mass is 10.3. The van der Waals surface area contributed by atoms with Crippen molar-refractivity contribution in [2.24, 2.45) is 0 Å². The molecule has 0 aliphatic heterocycles. The molecule has 0 N–H and O–H groups in total. The van der Waals surface area contributed by atoms with Crippen LogP contribution in [0, 0.1) is 5.82 Å². The highest BCUT2D eigenvalue weighted by atomic mass is 19.1. The van der Waals surface area contributed by atoms with E-state index in [0.29, 0.717) is 6.61 Å². The summed E-state index contributed by atoms with van der Waals surface area (Å²) in [6, 6.07) is 1.11. The van der Waals surface area contributed by atoms with E-state index in [2.05, 4.69) is 4.98 Å². The summed E-state index contributed by atoms with van der Waals surface area (Å²) in [6.07, 6.45) is 4.10. The van der Waals surface area contributed by atoms with Crippen molar-refractivity contribution in [3.8, 4) is 0 Å². The van der Waals surface area contributed by atoms with Gasteiger partial charge in [-0.15, -0.1) is 0 Å². The van der Waals surface area contributed by atoms with E-state index in [1.165, 1.54) is 6.20 Å². The van der Waals surface area contributed by atoms with E-state index in [0.717, 1.165) is 25.1 Å². The Balaban J connectivity index is 2.52. The van der Waals surface area contributed by atoms with Gasteiger partial charge in [-0.3, -0.25) is 4.98 Å². The summed E-state index contributed by atoms with van der Waals surface area (Å²) in [6.45, 7) is 2.36. The predicted molar refractivity (Wildman–Crippen MR) is 49.4 cm³/mol. The average molecular weight is 197 g/mol. The number of hydrogen-bond acceptors (Lipinski definition) is 3. The van der Waals surface area contributed by atoms with Crippen LogP contribution in [0.4, 0.5) is 4.39 Å². The molecule has 0 saturated heterocycles. The Morgan fingerprint density at radius 2 is 2.36 bits per heavy atom.